The van der Waals surface area contributed by atoms with E-state index >= 15 is 0 Å². The van der Waals surface area contributed by atoms with Gasteiger partial charge in [-0.1, -0.05) is 23.7 Å². The Kier molecular flexibility index (Phi) is 2.21. The number of benzene rings is 1. The fraction of sp³-hybridized carbons (Fsp3) is 0.625. The van der Waals surface area contributed by atoms with Crippen LogP contribution in [0, 0.1) is 11.8 Å². The summed E-state index contributed by atoms with van der Waals surface area (Å²) in [6.45, 7) is 0. The SMILES string of the molecule is OC12CC3CC(C1)CC(c1ccc(Cl)cc1)(C3)C2. The molecule has 1 nitrogen and oxygen atoms in total. The van der Waals surface area contributed by atoms with Crippen LogP contribution in [0.3, 0.4) is 0 Å². The molecule has 1 aromatic rings. The fourth-order valence-electron chi connectivity index (χ4n) is 5.36. The van der Waals surface area contributed by atoms with Crippen LogP contribution in [0.25, 0.3) is 0 Å². The molecule has 0 heterocycles. The van der Waals surface area contributed by atoms with Gasteiger partial charge in [-0.15, -0.1) is 0 Å². The van der Waals surface area contributed by atoms with Crippen LogP contribution >= 0.6 is 11.6 Å². The normalized spacial score (nSPS) is 45.4. The number of aliphatic hydroxyl groups is 1. The van der Waals surface area contributed by atoms with Crippen molar-refractivity contribution in [1.82, 2.24) is 0 Å². The maximum atomic E-state index is 10.8. The standard InChI is InChI=1S/C16H19ClO/c17-14-3-1-13(2-4-14)15-6-11-5-12(7-15)9-16(18,8-11)10-15/h1-4,11-12,18H,5-10H2. The molecule has 2 heteroatoms. The number of hydrogen-bond acceptors (Lipinski definition) is 1. The Hall–Kier alpha value is -0.530. The van der Waals surface area contributed by atoms with E-state index in [1.54, 1.807) is 0 Å². The summed E-state index contributed by atoms with van der Waals surface area (Å²) in [5.74, 6) is 1.49. The zero-order valence-corrected chi connectivity index (χ0v) is 11.3. The van der Waals surface area contributed by atoms with Crippen LogP contribution in [-0.2, 0) is 5.41 Å². The van der Waals surface area contributed by atoms with Crippen molar-refractivity contribution in [3.05, 3.63) is 34.9 Å². The summed E-state index contributed by atoms with van der Waals surface area (Å²) >= 11 is 6.00. The lowest BCUT2D eigenvalue weighted by Gasteiger charge is -2.60. The van der Waals surface area contributed by atoms with Gasteiger partial charge < -0.3 is 5.11 Å². The van der Waals surface area contributed by atoms with Crippen molar-refractivity contribution in [3.8, 4) is 0 Å². The second-order valence-electron chi connectivity index (χ2n) is 6.97. The summed E-state index contributed by atoms with van der Waals surface area (Å²) in [7, 11) is 0. The van der Waals surface area contributed by atoms with Crippen molar-refractivity contribution in [2.45, 2.75) is 49.5 Å². The van der Waals surface area contributed by atoms with E-state index in [0.29, 0.717) is 0 Å². The molecule has 2 unspecified atom stereocenters. The summed E-state index contributed by atoms with van der Waals surface area (Å²) in [4.78, 5) is 0. The van der Waals surface area contributed by atoms with Crippen LogP contribution in [0.15, 0.2) is 24.3 Å². The first-order valence-corrected chi connectivity index (χ1v) is 7.43. The molecule has 0 radical (unpaired) electrons. The van der Waals surface area contributed by atoms with Gasteiger partial charge in [-0.05, 0) is 73.5 Å². The molecule has 5 rings (SSSR count). The quantitative estimate of drug-likeness (QED) is 0.813. The molecule has 2 atom stereocenters. The molecule has 1 aromatic carbocycles. The number of halogens is 1. The molecule has 0 saturated heterocycles. The van der Waals surface area contributed by atoms with Crippen LogP contribution < -0.4 is 0 Å². The summed E-state index contributed by atoms with van der Waals surface area (Å²) in [5, 5.41) is 11.6. The molecular weight excluding hydrogens is 244 g/mol. The van der Waals surface area contributed by atoms with E-state index in [-0.39, 0.29) is 11.0 Å². The summed E-state index contributed by atoms with van der Waals surface area (Å²) in [6.07, 6.45) is 6.94. The van der Waals surface area contributed by atoms with Crippen molar-refractivity contribution in [2.75, 3.05) is 0 Å². The first-order chi connectivity index (χ1) is 8.57. The molecule has 18 heavy (non-hydrogen) atoms. The monoisotopic (exact) mass is 262 g/mol. The lowest BCUT2D eigenvalue weighted by molar-refractivity contribution is -0.136. The predicted octanol–water partition coefficient (Wildman–Crippen LogP) is 3.92. The fourth-order valence-corrected chi connectivity index (χ4v) is 5.48. The van der Waals surface area contributed by atoms with E-state index in [0.717, 1.165) is 36.1 Å². The molecule has 0 spiro atoms. The molecule has 0 amide bonds. The van der Waals surface area contributed by atoms with Gasteiger partial charge in [-0.2, -0.15) is 0 Å². The first kappa shape index (κ1) is 11.3. The average Bonchev–Trinajstić information content (AvgIpc) is 2.26. The van der Waals surface area contributed by atoms with Crippen LogP contribution in [0.2, 0.25) is 5.02 Å². The molecule has 96 valence electrons. The van der Waals surface area contributed by atoms with Gasteiger partial charge in [0.15, 0.2) is 0 Å². The van der Waals surface area contributed by atoms with Gasteiger partial charge in [0.1, 0.15) is 0 Å². The Morgan fingerprint density at radius 3 is 2.17 bits per heavy atom. The van der Waals surface area contributed by atoms with Crippen molar-refractivity contribution >= 4 is 11.6 Å². The van der Waals surface area contributed by atoms with Crippen LogP contribution in [0.4, 0.5) is 0 Å². The van der Waals surface area contributed by atoms with Crippen molar-refractivity contribution in [3.63, 3.8) is 0 Å². The predicted molar refractivity (Wildman–Crippen MR) is 72.8 cm³/mol. The van der Waals surface area contributed by atoms with E-state index in [1.807, 2.05) is 12.1 Å². The van der Waals surface area contributed by atoms with Crippen LogP contribution in [-0.4, -0.2) is 10.7 Å². The third-order valence-electron chi connectivity index (χ3n) is 5.49. The molecule has 4 bridgehead atoms. The van der Waals surface area contributed by atoms with Crippen molar-refractivity contribution < 1.29 is 5.11 Å². The van der Waals surface area contributed by atoms with Crippen LogP contribution in [0.5, 0.6) is 0 Å². The Morgan fingerprint density at radius 1 is 1.00 bits per heavy atom. The first-order valence-electron chi connectivity index (χ1n) is 7.05. The Bertz CT molecular complexity index is 464. The summed E-state index contributed by atoms with van der Waals surface area (Å²) in [5.41, 5.74) is 1.27. The number of hydrogen-bond donors (Lipinski definition) is 1. The van der Waals surface area contributed by atoms with Gasteiger partial charge in [-0.3, -0.25) is 0 Å². The molecule has 0 aromatic heterocycles. The number of rotatable bonds is 1. The van der Waals surface area contributed by atoms with Crippen molar-refractivity contribution in [2.24, 2.45) is 11.8 Å². The highest BCUT2D eigenvalue weighted by Crippen LogP contribution is 2.62. The third kappa shape index (κ3) is 1.57. The van der Waals surface area contributed by atoms with Gasteiger partial charge in [0, 0.05) is 5.02 Å². The second kappa shape index (κ2) is 3.52. The molecule has 0 aliphatic heterocycles. The Morgan fingerprint density at radius 2 is 1.61 bits per heavy atom. The topological polar surface area (TPSA) is 20.2 Å². The third-order valence-corrected chi connectivity index (χ3v) is 5.74. The Balaban J connectivity index is 1.77. The smallest absolute Gasteiger partial charge is 0.0661 e. The maximum absolute atomic E-state index is 10.8. The molecular formula is C16H19ClO. The minimum absolute atomic E-state index is 0.240. The van der Waals surface area contributed by atoms with Gasteiger partial charge in [0.25, 0.3) is 0 Å². The average molecular weight is 263 g/mol. The van der Waals surface area contributed by atoms with Gasteiger partial charge in [0.2, 0.25) is 0 Å². The van der Waals surface area contributed by atoms with E-state index in [2.05, 4.69) is 12.1 Å². The lowest BCUT2D eigenvalue weighted by Crippen LogP contribution is -2.57. The molecule has 4 aliphatic rings. The van der Waals surface area contributed by atoms with Gasteiger partial charge in [-0.25, -0.2) is 0 Å². The highest BCUT2D eigenvalue weighted by Gasteiger charge is 2.57. The Labute approximate surface area is 113 Å². The van der Waals surface area contributed by atoms with E-state index < -0.39 is 0 Å². The van der Waals surface area contributed by atoms with E-state index in [1.165, 1.54) is 24.8 Å². The molecule has 4 fully saturated rings. The largest absolute Gasteiger partial charge is 0.390 e. The highest BCUT2D eigenvalue weighted by atomic mass is 35.5. The van der Waals surface area contributed by atoms with Crippen LogP contribution in [0.1, 0.15) is 44.1 Å². The lowest BCUT2D eigenvalue weighted by atomic mass is 9.46. The van der Waals surface area contributed by atoms with Gasteiger partial charge in [0.05, 0.1) is 5.60 Å². The van der Waals surface area contributed by atoms with Crippen molar-refractivity contribution in [1.29, 1.82) is 0 Å². The highest BCUT2D eigenvalue weighted by molar-refractivity contribution is 6.30. The zero-order chi connectivity index (χ0) is 12.4. The van der Waals surface area contributed by atoms with E-state index in [9.17, 15) is 5.11 Å². The second-order valence-corrected chi connectivity index (χ2v) is 7.41. The van der Waals surface area contributed by atoms with E-state index in [4.69, 9.17) is 11.6 Å². The minimum Gasteiger partial charge on any atom is -0.390 e. The summed E-state index contributed by atoms with van der Waals surface area (Å²) < 4.78 is 0. The van der Waals surface area contributed by atoms with Gasteiger partial charge >= 0.3 is 0 Å². The molecule has 4 aliphatic carbocycles. The zero-order valence-electron chi connectivity index (χ0n) is 10.5. The minimum atomic E-state index is -0.371. The summed E-state index contributed by atoms with van der Waals surface area (Å²) in [6, 6.07) is 8.36. The maximum Gasteiger partial charge on any atom is 0.0661 e. The molecule has 4 saturated carbocycles. The molecule has 1 N–H and O–H groups in total.